The van der Waals surface area contributed by atoms with Gasteiger partial charge in [0.05, 0.1) is 16.3 Å². The molecule has 1 unspecified atom stereocenters. The van der Waals surface area contributed by atoms with Gasteiger partial charge in [-0.05, 0) is 17.5 Å². The van der Waals surface area contributed by atoms with Crippen LogP contribution in [-0.2, 0) is 9.59 Å². The third-order valence-corrected chi connectivity index (χ3v) is 5.09. The summed E-state index contributed by atoms with van der Waals surface area (Å²) in [5.74, 6) is -1.90. The molecule has 2 heterocycles. The first-order valence-electron chi connectivity index (χ1n) is 8.55. The number of rotatable bonds is 3. The van der Waals surface area contributed by atoms with Gasteiger partial charge in [-0.1, -0.05) is 54.6 Å². The van der Waals surface area contributed by atoms with Gasteiger partial charge in [0, 0.05) is 11.1 Å². The standard InChI is InChI=1S/C21H15N3O3S/c25-19(16-11-6-12-28-16)24-21(27)18-20(26)22-15-10-5-4-9-14(15)17(23-18)13-7-2-1-3-8-13/h1-12,18H,(H,22,26)(H,24,25,27). The average molecular weight is 389 g/mol. The number of nitrogens with one attached hydrogen (secondary N) is 2. The number of anilines is 1. The van der Waals surface area contributed by atoms with Crippen molar-refractivity contribution in [2.75, 3.05) is 5.32 Å². The van der Waals surface area contributed by atoms with Gasteiger partial charge in [0.1, 0.15) is 0 Å². The van der Waals surface area contributed by atoms with Crippen LogP contribution in [-0.4, -0.2) is 29.5 Å². The molecule has 0 spiro atoms. The summed E-state index contributed by atoms with van der Waals surface area (Å²) in [7, 11) is 0. The number of carbonyl (C=O) groups excluding carboxylic acids is 3. The normalized spacial score (nSPS) is 15.6. The number of hydrogen-bond acceptors (Lipinski definition) is 5. The van der Waals surface area contributed by atoms with Crippen LogP contribution in [0.25, 0.3) is 0 Å². The Morgan fingerprint density at radius 2 is 1.71 bits per heavy atom. The van der Waals surface area contributed by atoms with Gasteiger partial charge in [0.2, 0.25) is 6.04 Å². The van der Waals surface area contributed by atoms with E-state index in [0.29, 0.717) is 21.8 Å². The van der Waals surface area contributed by atoms with Crippen molar-refractivity contribution < 1.29 is 14.4 Å². The molecule has 1 aromatic heterocycles. The predicted octanol–water partition coefficient (Wildman–Crippen LogP) is 2.86. The molecule has 1 aliphatic rings. The van der Waals surface area contributed by atoms with Gasteiger partial charge in [0.25, 0.3) is 17.7 Å². The van der Waals surface area contributed by atoms with E-state index in [2.05, 4.69) is 15.6 Å². The van der Waals surface area contributed by atoms with Crippen LogP contribution < -0.4 is 10.6 Å². The van der Waals surface area contributed by atoms with Crippen LogP contribution in [0.2, 0.25) is 0 Å². The van der Waals surface area contributed by atoms with E-state index < -0.39 is 23.8 Å². The highest BCUT2D eigenvalue weighted by atomic mass is 32.1. The van der Waals surface area contributed by atoms with Gasteiger partial charge >= 0.3 is 0 Å². The van der Waals surface area contributed by atoms with Crippen molar-refractivity contribution in [2.45, 2.75) is 6.04 Å². The lowest BCUT2D eigenvalue weighted by molar-refractivity contribution is -0.127. The Morgan fingerprint density at radius 3 is 2.46 bits per heavy atom. The molecule has 0 bridgehead atoms. The number of para-hydroxylation sites is 1. The van der Waals surface area contributed by atoms with Crippen LogP contribution in [0.4, 0.5) is 5.69 Å². The van der Waals surface area contributed by atoms with Crippen molar-refractivity contribution in [2.24, 2.45) is 4.99 Å². The monoisotopic (exact) mass is 389 g/mol. The smallest absolute Gasteiger partial charge is 0.267 e. The third-order valence-electron chi connectivity index (χ3n) is 4.22. The van der Waals surface area contributed by atoms with Gasteiger partial charge in [0.15, 0.2) is 0 Å². The van der Waals surface area contributed by atoms with E-state index in [9.17, 15) is 14.4 Å². The molecule has 1 aliphatic heterocycles. The molecule has 0 aliphatic carbocycles. The molecule has 28 heavy (non-hydrogen) atoms. The molecule has 0 saturated carbocycles. The number of carbonyl (C=O) groups is 3. The van der Waals surface area contributed by atoms with E-state index in [1.807, 2.05) is 42.5 Å². The molecule has 6 nitrogen and oxygen atoms in total. The van der Waals surface area contributed by atoms with E-state index in [1.54, 1.807) is 29.6 Å². The van der Waals surface area contributed by atoms with E-state index in [-0.39, 0.29) is 0 Å². The molecule has 7 heteroatoms. The number of aliphatic imine (C=N–C) groups is 1. The average Bonchev–Trinajstić information content (AvgIpc) is 3.20. The first-order chi connectivity index (χ1) is 13.6. The summed E-state index contributed by atoms with van der Waals surface area (Å²) >= 11 is 1.21. The second-order valence-corrected chi connectivity index (χ2v) is 7.02. The lowest BCUT2D eigenvalue weighted by Crippen LogP contribution is -2.43. The number of benzodiazepines with no additional fused rings is 1. The molecule has 2 N–H and O–H groups in total. The van der Waals surface area contributed by atoms with Crippen LogP contribution in [0, 0.1) is 0 Å². The Bertz CT molecular complexity index is 1080. The van der Waals surface area contributed by atoms with Gasteiger partial charge < -0.3 is 5.32 Å². The Morgan fingerprint density at radius 1 is 0.964 bits per heavy atom. The molecule has 3 amide bonds. The Hall–Kier alpha value is -3.58. The number of benzene rings is 2. The first kappa shape index (κ1) is 17.8. The molecule has 3 aromatic rings. The number of thiophene rings is 1. The van der Waals surface area contributed by atoms with E-state index >= 15 is 0 Å². The second-order valence-electron chi connectivity index (χ2n) is 6.08. The number of hydrogen-bond donors (Lipinski definition) is 2. The lowest BCUT2D eigenvalue weighted by Gasteiger charge is -2.10. The molecule has 138 valence electrons. The minimum Gasteiger partial charge on any atom is -0.323 e. The second kappa shape index (κ2) is 7.58. The zero-order valence-corrected chi connectivity index (χ0v) is 15.4. The molecule has 0 fully saturated rings. The first-order valence-corrected chi connectivity index (χ1v) is 9.43. The summed E-state index contributed by atoms with van der Waals surface area (Å²) < 4.78 is 0. The molecule has 4 rings (SSSR count). The van der Waals surface area contributed by atoms with Crippen LogP contribution in [0.1, 0.15) is 20.8 Å². The molecule has 1 atom stereocenters. The predicted molar refractivity (Wildman–Crippen MR) is 108 cm³/mol. The van der Waals surface area contributed by atoms with Crippen LogP contribution in [0.5, 0.6) is 0 Å². The van der Waals surface area contributed by atoms with Crippen molar-refractivity contribution in [3.05, 3.63) is 88.1 Å². The van der Waals surface area contributed by atoms with Crippen molar-refractivity contribution >= 4 is 40.5 Å². The minimum absolute atomic E-state index is 0.387. The van der Waals surface area contributed by atoms with Crippen LogP contribution in [0.3, 0.4) is 0 Å². The topological polar surface area (TPSA) is 87.6 Å². The molecular formula is C21H15N3O3S. The lowest BCUT2D eigenvalue weighted by atomic mass is 10.0. The number of fused-ring (bicyclic) bond motifs is 1. The van der Waals surface area contributed by atoms with Crippen molar-refractivity contribution in [1.29, 1.82) is 0 Å². The van der Waals surface area contributed by atoms with Crippen molar-refractivity contribution in [3.63, 3.8) is 0 Å². The highest BCUT2D eigenvalue weighted by molar-refractivity contribution is 7.12. The number of nitrogens with zero attached hydrogens (tertiary/aromatic N) is 1. The number of amides is 3. The SMILES string of the molecule is O=C(NC(=O)C1N=C(c2ccccc2)c2ccccc2NC1=O)c1cccs1. The zero-order chi connectivity index (χ0) is 19.5. The summed E-state index contributed by atoms with van der Waals surface area (Å²) in [5.41, 5.74) is 2.56. The summed E-state index contributed by atoms with van der Waals surface area (Å²) in [6, 6.07) is 18.5. The highest BCUT2D eigenvalue weighted by Crippen LogP contribution is 2.24. The quantitative estimate of drug-likeness (QED) is 0.533. The maximum Gasteiger partial charge on any atom is 0.267 e. The van der Waals surface area contributed by atoms with Gasteiger partial charge in [-0.15, -0.1) is 11.3 Å². The molecule has 0 saturated heterocycles. The van der Waals surface area contributed by atoms with Crippen LogP contribution >= 0.6 is 11.3 Å². The van der Waals surface area contributed by atoms with Gasteiger partial charge in [-0.3, -0.25) is 24.7 Å². The summed E-state index contributed by atoms with van der Waals surface area (Å²) in [5, 5.41) is 6.75. The van der Waals surface area contributed by atoms with Crippen molar-refractivity contribution in [1.82, 2.24) is 5.32 Å². The minimum atomic E-state index is -1.38. The van der Waals surface area contributed by atoms with Gasteiger partial charge in [-0.2, -0.15) is 0 Å². The van der Waals surface area contributed by atoms with Gasteiger partial charge in [-0.25, -0.2) is 0 Å². The maximum absolute atomic E-state index is 12.7. The third kappa shape index (κ3) is 3.47. The largest absolute Gasteiger partial charge is 0.323 e. The Kier molecular flexibility index (Phi) is 4.82. The Labute approximate surface area is 164 Å². The summed E-state index contributed by atoms with van der Waals surface area (Å²) in [6.45, 7) is 0. The van der Waals surface area contributed by atoms with E-state index in [0.717, 1.165) is 5.56 Å². The fourth-order valence-corrected chi connectivity index (χ4v) is 3.53. The van der Waals surface area contributed by atoms with Crippen LogP contribution in [0.15, 0.2) is 77.1 Å². The fourth-order valence-electron chi connectivity index (χ4n) is 2.91. The zero-order valence-electron chi connectivity index (χ0n) is 14.6. The van der Waals surface area contributed by atoms with E-state index in [4.69, 9.17) is 0 Å². The molecule has 2 aromatic carbocycles. The number of imide groups is 1. The maximum atomic E-state index is 12.7. The van der Waals surface area contributed by atoms with E-state index in [1.165, 1.54) is 11.3 Å². The summed E-state index contributed by atoms with van der Waals surface area (Å²) in [6.07, 6.45) is 0. The molecular weight excluding hydrogens is 374 g/mol. The fraction of sp³-hybridized carbons (Fsp3) is 0.0476. The Balaban J connectivity index is 1.72. The molecule has 0 radical (unpaired) electrons. The summed E-state index contributed by atoms with van der Waals surface area (Å²) in [4.78, 5) is 42.4. The highest BCUT2D eigenvalue weighted by Gasteiger charge is 2.32. The van der Waals surface area contributed by atoms with Crippen molar-refractivity contribution in [3.8, 4) is 0 Å².